The average Bonchev–Trinajstić information content (AvgIpc) is 2.31. The van der Waals surface area contributed by atoms with Crippen molar-refractivity contribution < 1.29 is 9.53 Å². The van der Waals surface area contributed by atoms with Gasteiger partial charge in [0, 0.05) is 23.8 Å². The van der Waals surface area contributed by atoms with Gasteiger partial charge in [-0.05, 0) is 34.1 Å². The van der Waals surface area contributed by atoms with E-state index < -0.39 is 0 Å². The number of ether oxygens (including phenoxy) is 1. The molecule has 0 aliphatic rings. The van der Waals surface area contributed by atoms with Gasteiger partial charge in [0.25, 0.3) is 0 Å². The topological polar surface area (TPSA) is 64.3 Å². The zero-order chi connectivity index (χ0) is 12.8. The summed E-state index contributed by atoms with van der Waals surface area (Å²) in [6.45, 7) is 0.314. The number of carbonyl (C=O) groups excluding carboxylic acids is 1. The Morgan fingerprint density at radius 1 is 1.65 bits per heavy atom. The quantitative estimate of drug-likeness (QED) is 0.875. The highest BCUT2D eigenvalue weighted by atomic mass is 79.9. The van der Waals surface area contributed by atoms with Crippen molar-refractivity contribution in [3.63, 3.8) is 0 Å². The Balaban J connectivity index is 2.58. The minimum Gasteiger partial charge on any atom is -0.380 e. The van der Waals surface area contributed by atoms with Crippen molar-refractivity contribution in [2.75, 3.05) is 19.0 Å². The maximum Gasteiger partial charge on any atom is 0.227 e. The predicted octanol–water partition coefficient (Wildman–Crippen LogP) is 2.40. The smallest absolute Gasteiger partial charge is 0.227 e. The summed E-state index contributed by atoms with van der Waals surface area (Å²) in [6, 6.07) is 5.18. The average molecular weight is 322 g/mol. The van der Waals surface area contributed by atoms with E-state index in [9.17, 15) is 4.79 Å². The summed E-state index contributed by atoms with van der Waals surface area (Å²) in [4.78, 5) is 11.6. The third-order valence-corrected chi connectivity index (χ3v) is 3.43. The first-order valence-corrected chi connectivity index (χ1v) is 6.21. The Kier molecular flexibility index (Phi) is 5.91. The maximum atomic E-state index is 11.6. The third kappa shape index (κ3) is 4.63. The Labute approximate surface area is 114 Å². The van der Waals surface area contributed by atoms with Crippen LogP contribution in [0.3, 0.4) is 0 Å². The van der Waals surface area contributed by atoms with Crippen LogP contribution in [0.25, 0.3) is 0 Å². The van der Waals surface area contributed by atoms with Crippen LogP contribution in [0.1, 0.15) is 6.42 Å². The number of nitrogens with one attached hydrogen (secondary N) is 1. The van der Waals surface area contributed by atoms with Crippen molar-refractivity contribution in [2.24, 2.45) is 5.73 Å². The molecule has 0 heterocycles. The van der Waals surface area contributed by atoms with Gasteiger partial charge in [0.1, 0.15) is 0 Å². The number of benzene rings is 1. The van der Waals surface area contributed by atoms with E-state index in [1.807, 2.05) is 0 Å². The fourth-order valence-corrected chi connectivity index (χ4v) is 1.75. The zero-order valence-corrected chi connectivity index (χ0v) is 11.7. The summed E-state index contributed by atoms with van der Waals surface area (Å²) >= 11 is 9.14. The van der Waals surface area contributed by atoms with Crippen molar-refractivity contribution >= 4 is 39.1 Å². The number of hydrogen-bond donors (Lipinski definition) is 2. The third-order valence-electron chi connectivity index (χ3n) is 2.21. The second kappa shape index (κ2) is 6.96. The molecule has 1 atom stereocenters. The lowest BCUT2D eigenvalue weighted by atomic mass is 10.2. The molecule has 1 aromatic carbocycles. The molecule has 0 saturated heterocycles. The fraction of sp³-hybridized carbons (Fsp3) is 0.364. The van der Waals surface area contributed by atoms with Gasteiger partial charge >= 0.3 is 0 Å². The summed E-state index contributed by atoms with van der Waals surface area (Å²) < 4.78 is 5.77. The van der Waals surface area contributed by atoms with Gasteiger partial charge in [-0.25, -0.2) is 0 Å². The molecule has 1 amide bonds. The molecule has 0 bridgehead atoms. The first kappa shape index (κ1) is 14.4. The van der Waals surface area contributed by atoms with Gasteiger partial charge in [-0.15, -0.1) is 0 Å². The molecular weight excluding hydrogens is 307 g/mol. The summed E-state index contributed by atoms with van der Waals surface area (Å²) in [5, 5.41) is 3.34. The molecule has 1 unspecified atom stereocenters. The predicted molar refractivity (Wildman–Crippen MR) is 72.3 cm³/mol. The molecule has 0 aromatic heterocycles. The minimum absolute atomic E-state index is 0.142. The van der Waals surface area contributed by atoms with Gasteiger partial charge in [0.15, 0.2) is 0 Å². The molecule has 0 aliphatic heterocycles. The van der Waals surface area contributed by atoms with Gasteiger partial charge in [0.2, 0.25) is 5.91 Å². The van der Waals surface area contributed by atoms with Crippen molar-refractivity contribution in [3.8, 4) is 0 Å². The first-order chi connectivity index (χ1) is 8.06. The molecule has 1 aromatic rings. The second-order valence-electron chi connectivity index (χ2n) is 3.47. The molecule has 3 N–H and O–H groups in total. The van der Waals surface area contributed by atoms with E-state index in [1.54, 1.807) is 18.2 Å². The van der Waals surface area contributed by atoms with E-state index in [0.717, 1.165) is 4.47 Å². The van der Waals surface area contributed by atoms with Crippen LogP contribution in [-0.2, 0) is 9.53 Å². The minimum atomic E-state index is -0.259. The number of amides is 1. The Morgan fingerprint density at radius 2 is 2.35 bits per heavy atom. The maximum absolute atomic E-state index is 11.6. The Bertz CT molecular complexity index is 397. The van der Waals surface area contributed by atoms with E-state index in [4.69, 9.17) is 22.1 Å². The normalized spacial score (nSPS) is 12.2. The number of anilines is 1. The Hall–Kier alpha value is -0.620. The van der Waals surface area contributed by atoms with Crippen LogP contribution < -0.4 is 11.1 Å². The van der Waals surface area contributed by atoms with Crippen LogP contribution in [0.15, 0.2) is 22.7 Å². The van der Waals surface area contributed by atoms with E-state index >= 15 is 0 Å². The number of nitrogens with two attached hydrogens (primary N) is 1. The molecule has 4 nitrogen and oxygen atoms in total. The van der Waals surface area contributed by atoms with E-state index in [1.165, 1.54) is 7.11 Å². The number of methoxy groups -OCH3 is 1. The molecule has 0 aliphatic carbocycles. The molecule has 0 radical (unpaired) electrons. The first-order valence-electron chi connectivity index (χ1n) is 5.04. The highest BCUT2D eigenvalue weighted by Gasteiger charge is 2.11. The van der Waals surface area contributed by atoms with Gasteiger partial charge in [-0.2, -0.15) is 0 Å². The monoisotopic (exact) mass is 320 g/mol. The van der Waals surface area contributed by atoms with Crippen molar-refractivity contribution in [2.45, 2.75) is 12.5 Å². The van der Waals surface area contributed by atoms with Crippen molar-refractivity contribution in [3.05, 3.63) is 27.7 Å². The summed E-state index contributed by atoms with van der Waals surface area (Å²) in [5.41, 5.74) is 6.12. The summed E-state index contributed by atoms with van der Waals surface area (Å²) in [7, 11) is 1.53. The van der Waals surface area contributed by atoms with Crippen LogP contribution in [0.2, 0.25) is 5.02 Å². The lowest BCUT2D eigenvalue weighted by molar-refractivity contribution is -0.118. The number of carbonyl (C=O) groups is 1. The van der Waals surface area contributed by atoms with Crippen molar-refractivity contribution in [1.82, 2.24) is 0 Å². The van der Waals surface area contributed by atoms with Gasteiger partial charge in [0.05, 0.1) is 17.5 Å². The molecule has 0 fully saturated rings. The molecular formula is C11H14BrClN2O2. The fourth-order valence-electron chi connectivity index (χ4n) is 1.26. The number of halogens is 2. The van der Waals surface area contributed by atoms with Crippen LogP contribution in [0.5, 0.6) is 0 Å². The molecule has 1 rings (SSSR count). The van der Waals surface area contributed by atoms with Crippen LogP contribution in [0.4, 0.5) is 5.69 Å². The SMILES string of the molecule is COC(CN)CC(=O)Nc1ccc(Cl)c(Br)c1. The molecule has 17 heavy (non-hydrogen) atoms. The molecule has 0 spiro atoms. The summed E-state index contributed by atoms with van der Waals surface area (Å²) in [5.74, 6) is -0.142. The van der Waals surface area contributed by atoms with Gasteiger partial charge in [-0.1, -0.05) is 11.6 Å². The van der Waals surface area contributed by atoms with E-state index in [-0.39, 0.29) is 18.4 Å². The van der Waals surface area contributed by atoms with Crippen LogP contribution >= 0.6 is 27.5 Å². The van der Waals surface area contributed by atoms with E-state index in [0.29, 0.717) is 17.3 Å². The number of hydrogen-bond acceptors (Lipinski definition) is 3. The Morgan fingerprint density at radius 3 is 2.88 bits per heavy atom. The highest BCUT2D eigenvalue weighted by Crippen LogP contribution is 2.25. The van der Waals surface area contributed by atoms with Crippen LogP contribution in [-0.4, -0.2) is 25.7 Å². The lowest BCUT2D eigenvalue weighted by Crippen LogP contribution is -2.28. The molecule has 6 heteroatoms. The summed E-state index contributed by atoms with van der Waals surface area (Å²) in [6.07, 6.45) is -0.0292. The lowest BCUT2D eigenvalue weighted by Gasteiger charge is -2.12. The molecule has 94 valence electrons. The molecule has 0 saturated carbocycles. The second-order valence-corrected chi connectivity index (χ2v) is 4.74. The van der Waals surface area contributed by atoms with Crippen LogP contribution in [0, 0.1) is 0 Å². The zero-order valence-electron chi connectivity index (χ0n) is 9.37. The van der Waals surface area contributed by atoms with E-state index in [2.05, 4.69) is 21.2 Å². The largest absolute Gasteiger partial charge is 0.380 e. The van der Waals surface area contributed by atoms with Gasteiger partial charge < -0.3 is 15.8 Å². The highest BCUT2D eigenvalue weighted by molar-refractivity contribution is 9.10. The number of rotatable bonds is 5. The van der Waals surface area contributed by atoms with Crippen molar-refractivity contribution in [1.29, 1.82) is 0 Å². The van der Waals surface area contributed by atoms with Gasteiger partial charge in [-0.3, -0.25) is 4.79 Å². The standard InChI is InChI=1S/C11H14BrClN2O2/c1-17-8(6-14)5-11(16)15-7-2-3-10(13)9(12)4-7/h2-4,8H,5-6,14H2,1H3,(H,15,16).